The first-order valence-electron chi connectivity index (χ1n) is 3.07. The summed E-state index contributed by atoms with van der Waals surface area (Å²) in [5.74, 6) is 0. The molecule has 0 aromatic carbocycles. The Kier molecular flexibility index (Phi) is 1.07. The third kappa shape index (κ3) is 0.633. The van der Waals surface area contributed by atoms with Crippen LogP contribution in [0, 0.1) is 0 Å². The second kappa shape index (κ2) is 1.36. The summed E-state index contributed by atoms with van der Waals surface area (Å²) in [5.41, 5.74) is 0. The Morgan fingerprint density at radius 1 is 1.50 bits per heavy atom. The van der Waals surface area contributed by atoms with Crippen molar-refractivity contribution in [2.45, 2.75) is 31.3 Å². The Hall–Kier alpha value is 0.177. The van der Waals surface area contributed by atoms with Gasteiger partial charge < -0.3 is 4.74 Å². The van der Waals surface area contributed by atoms with E-state index in [1.54, 1.807) is 0 Å². The van der Waals surface area contributed by atoms with E-state index < -0.39 is 8.07 Å². The van der Waals surface area contributed by atoms with Gasteiger partial charge in [0.15, 0.2) is 0 Å². The van der Waals surface area contributed by atoms with Gasteiger partial charge in [0.25, 0.3) is 0 Å². The molecule has 0 saturated carbocycles. The maximum atomic E-state index is 5.33. The highest BCUT2D eigenvalue weighted by Crippen LogP contribution is 2.48. The van der Waals surface area contributed by atoms with Gasteiger partial charge in [-0.15, -0.1) is 0 Å². The fourth-order valence-electron chi connectivity index (χ4n) is 1.15. The SMILES string of the molecule is COC1(C)C[Si]1(C)C. The summed E-state index contributed by atoms with van der Waals surface area (Å²) in [4.78, 5) is 0. The zero-order valence-corrected chi connectivity index (χ0v) is 7.12. The fourth-order valence-corrected chi connectivity index (χ4v) is 4.50. The van der Waals surface area contributed by atoms with Gasteiger partial charge in [0.05, 0.1) is 13.3 Å². The van der Waals surface area contributed by atoms with Crippen LogP contribution >= 0.6 is 0 Å². The lowest BCUT2D eigenvalue weighted by atomic mass is 10.5. The second-order valence-electron chi connectivity index (χ2n) is 3.50. The molecule has 1 rings (SSSR count). The number of hydrogen-bond donors (Lipinski definition) is 0. The Balaban J connectivity index is 2.55. The first-order valence-corrected chi connectivity index (χ1v) is 6.28. The summed E-state index contributed by atoms with van der Waals surface area (Å²) in [7, 11) is 0.984. The molecule has 8 heavy (non-hydrogen) atoms. The van der Waals surface area contributed by atoms with Crippen LogP contribution in [0.2, 0.25) is 19.1 Å². The molecule has 0 N–H and O–H groups in total. The quantitative estimate of drug-likeness (QED) is 0.490. The average Bonchev–Trinajstić information content (AvgIpc) is 2.10. The van der Waals surface area contributed by atoms with Crippen molar-refractivity contribution in [3.8, 4) is 0 Å². The molecule has 0 bridgehead atoms. The summed E-state index contributed by atoms with van der Waals surface area (Å²) in [6.45, 7) is 6.96. The third-order valence-electron chi connectivity index (χ3n) is 2.54. The molecular weight excluding hydrogens is 116 g/mol. The van der Waals surface area contributed by atoms with Gasteiger partial charge in [-0.25, -0.2) is 0 Å². The molecule has 48 valence electrons. The predicted octanol–water partition coefficient (Wildman–Crippen LogP) is 1.65. The summed E-state index contributed by atoms with van der Waals surface area (Å²) in [5, 5.41) is 0.326. The summed E-state index contributed by atoms with van der Waals surface area (Å²) in [6, 6.07) is 1.34. The van der Waals surface area contributed by atoms with E-state index >= 15 is 0 Å². The lowest BCUT2D eigenvalue weighted by Gasteiger charge is -2.09. The van der Waals surface area contributed by atoms with Crippen molar-refractivity contribution < 1.29 is 4.74 Å². The molecule has 1 unspecified atom stereocenters. The maximum absolute atomic E-state index is 5.33. The monoisotopic (exact) mass is 130 g/mol. The molecule has 1 heterocycles. The van der Waals surface area contributed by atoms with Crippen LogP contribution in [-0.2, 0) is 4.74 Å². The molecule has 0 spiro atoms. The van der Waals surface area contributed by atoms with Gasteiger partial charge in [-0.3, -0.25) is 0 Å². The van der Waals surface area contributed by atoms with Gasteiger partial charge in [-0.1, -0.05) is 13.1 Å². The van der Waals surface area contributed by atoms with E-state index in [1.807, 2.05) is 7.11 Å². The van der Waals surface area contributed by atoms with Gasteiger partial charge in [0.1, 0.15) is 0 Å². The molecule has 1 saturated heterocycles. The molecule has 1 aliphatic heterocycles. The molecule has 1 aliphatic rings. The van der Waals surface area contributed by atoms with E-state index in [0.29, 0.717) is 5.22 Å². The lowest BCUT2D eigenvalue weighted by molar-refractivity contribution is 0.123. The van der Waals surface area contributed by atoms with Gasteiger partial charge in [0, 0.05) is 7.11 Å². The zero-order valence-electron chi connectivity index (χ0n) is 6.12. The van der Waals surface area contributed by atoms with Crippen molar-refractivity contribution in [1.82, 2.24) is 0 Å². The normalized spacial score (nSPS) is 42.0. The molecule has 1 nitrogen and oxygen atoms in total. The van der Waals surface area contributed by atoms with Gasteiger partial charge >= 0.3 is 0 Å². The van der Waals surface area contributed by atoms with Crippen molar-refractivity contribution in [2.24, 2.45) is 0 Å². The van der Waals surface area contributed by atoms with Crippen LogP contribution in [0.4, 0.5) is 0 Å². The molecule has 0 aromatic rings. The summed E-state index contributed by atoms with van der Waals surface area (Å²) in [6.07, 6.45) is 0. The van der Waals surface area contributed by atoms with Crippen LogP contribution < -0.4 is 0 Å². The fraction of sp³-hybridized carbons (Fsp3) is 1.00. The van der Waals surface area contributed by atoms with Crippen molar-refractivity contribution in [3.63, 3.8) is 0 Å². The Morgan fingerprint density at radius 3 is 1.88 bits per heavy atom. The minimum absolute atomic E-state index is 0.326. The first-order chi connectivity index (χ1) is 3.52. The smallest absolute Gasteiger partial charge is 0.0872 e. The Labute approximate surface area is 52.1 Å². The molecule has 0 radical (unpaired) electrons. The Morgan fingerprint density at radius 2 is 1.88 bits per heavy atom. The number of ether oxygens (including phenoxy) is 1. The van der Waals surface area contributed by atoms with Crippen LogP contribution in [0.15, 0.2) is 0 Å². The maximum Gasteiger partial charge on any atom is 0.0872 e. The van der Waals surface area contributed by atoms with Crippen molar-refractivity contribution >= 4 is 8.07 Å². The summed E-state index contributed by atoms with van der Waals surface area (Å²) >= 11 is 0. The standard InChI is InChI=1S/C6H14OSi/c1-6(7-2)5-8(6,3)4/h5H2,1-4H3. The van der Waals surface area contributed by atoms with E-state index in [0.717, 1.165) is 0 Å². The highest BCUT2D eigenvalue weighted by atomic mass is 28.3. The minimum atomic E-state index is -0.837. The highest BCUT2D eigenvalue weighted by Gasteiger charge is 2.60. The Bertz CT molecular complexity index is 111. The van der Waals surface area contributed by atoms with Gasteiger partial charge in [-0.05, 0) is 13.0 Å². The molecule has 2 heteroatoms. The molecule has 1 atom stereocenters. The zero-order chi connectivity index (χ0) is 6.41. The van der Waals surface area contributed by atoms with E-state index in [4.69, 9.17) is 4.74 Å². The van der Waals surface area contributed by atoms with Crippen LogP contribution in [0.25, 0.3) is 0 Å². The van der Waals surface area contributed by atoms with E-state index in [1.165, 1.54) is 6.04 Å². The molecule has 1 fully saturated rings. The van der Waals surface area contributed by atoms with Crippen molar-refractivity contribution in [3.05, 3.63) is 0 Å². The third-order valence-corrected chi connectivity index (χ3v) is 6.91. The summed E-state index contributed by atoms with van der Waals surface area (Å²) < 4.78 is 5.33. The van der Waals surface area contributed by atoms with Crippen LogP contribution in [-0.4, -0.2) is 20.4 Å². The topological polar surface area (TPSA) is 9.23 Å². The second-order valence-corrected chi connectivity index (χ2v) is 8.67. The van der Waals surface area contributed by atoms with E-state index in [9.17, 15) is 0 Å². The van der Waals surface area contributed by atoms with Gasteiger partial charge in [0.2, 0.25) is 0 Å². The molecular formula is C6H14OSi. The van der Waals surface area contributed by atoms with E-state index in [-0.39, 0.29) is 0 Å². The number of hydrogen-bond acceptors (Lipinski definition) is 1. The number of rotatable bonds is 1. The minimum Gasteiger partial charge on any atom is -0.382 e. The number of methoxy groups -OCH3 is 1. The van der Waals surface area contributed by atoms with Crippen LogP contribution in [0.5, 0.6) is 0 Å². The largest absolute Gasteiger partial charge is 0.382 e. The molecule has 0 aliphatic carbocycles. The van der Waals surface area contributed by atoms with Gasteiger partial charge in [-0.2, -0.15) is 0 Å². The average molecular weight is 130 g/mol. The lowest BCUT2D eigenvalue weighted by Crippen LogP contribution is -2.22. The molecule has 0 aromatic heterocycles. The van der Waals surface area contributed by atoms with E-state index in [2.05, 4.69) is 20.0 Å². The first kappa shape index (κ1) is 6.30. The van der Waals surface area contributed by atoms with Crippen LogP contribution in [0.1, 0.15) is 6.92 Å². The van der Waals surface area contributed by atoms with Crippen molar-refractivity contribution in [2.75, 3.05) is 7.11 Å². The van der Waals surface area contributed by atoms with Crippen LogP contribution in [0.3, 0.4) is 0 Å². The highest BCUT2D eigenvalue weighted by molar-refractivity contribution is 6.90. The molecule has 0 amide bonds. The van der Waals surface area contributed by atoms with Crippen molar-refractivity contribution in [1.29, 1.82) is 0 Å². The predicted molar refractivity (Wildman–Crippen MR) is 37.7 cm³/mol.